The number of amides is 1. The van der Waals surface area contributed by atoms with Gasteiger partial charge in [-0.3, -0.25) is 4.79 Å². The molecule has 1 aromatic heterocycles. The van der Waals surface area contributed by atoms with Gasteiger partial charge >= 0.3 is 5.97 Å². The number of aromatic nitrogens is 2. The molecule has 1 heterocycles. The molecule has 0 saturated heterocycles. The lowest BCUT2D eigenvalue weighted by Crippen LogP contribution is -2.13. The summed E-state index contributed by atoms with van der Waals surface area (Å²) in [5, 5.41) is 25.6. The predicted octanol–water partition coefficient (Wildman–Crippen LogP) is 3.77. The molecule has 0 unspecified atom stereocenters. The largest absolute Gasteiger partial charge is 0.478 e. The molecule has 0 radical (unpaired) electrons. The molecule has 0 spiro atoms. The molecule has 3 aromatic rings. The third kappa shape index (κ3) is 4.44. The highest BCUT2D eigenvalue weighted by Crippen LogP contribution is 2.16. The lowest BCUT2D eigenvalue weighted by Gasteiger charge is -2.04. The summed E-state index contributed by atoms with van der Waals surface area (Å²) in [5.74, 6) is -1.67. The number of hydrogen-bond donors (Lipinski definition) is 2. The van der Waals surface area contributed by atoms with Crippen LogP contribution in [0.15, 0.2) is 66.5 Å². The summed E-state index contributed by atoms with van der Waals surface area (Å²) < 4.78 is 1.60. The molecule has 7 nitrogen and oxygen atoms in total. The van der Waals surface area contributed by atoms with Gasteiger partial charge < -0.3 is 10.4 Å². The Morgan fingerprint density at radius 1 is 1.14 bits per heavy atom. The molecule has 0 aliphatic carbocycles. The fourth-order valence-corrected chi connectivity index (χ4v) is 2.48. The Kier molecular flexibility index (Phi) is 5.53. The van der Waals surface area contributed by atoms with Crippen LogP contribution in [0.2, 0.25) is 5.02 Å². The molecular weight excluding hydrogens is 380 g/mol. The molecule has 2 N–H and O–H groups in total. The van der Waals surface area contributed by atoms with Gasteiger partial charge in [0, 0.05) is 22.5 Å². The number of anilines is 1. The fraction of sp³-hybridized carbons (Fsp3) is 0. The van der Waals surface area contributed by atoms with E-state index in [9.17, 15) is 14.9 Å². The average molecular weight is 393 g/mol. The summed E-state index contributed by atoms with van der Waals surface area (Å²) >= 11 is 5.87. The molecule has 1 amide bonds. The summed E-state index contributed by atoms with van der Waals surface area (Å²) in [4.78, 5) is 23.2. The van der Waals surface area contributed by atoms with Crippen LogP contribution in [0.1, 0.15) is 15.9 Å². The zero-order chi connectivity index (χ0) is 20.1. The van der Waals surface area contributed by atoms with Gasteiger partial charge in [0.25, 0.3) is 5.91 Å². The number of carboxylic acids is 1. The van der Waals surface area contributed by atoms with E-state index in [1.807, 2.05) is 6.07 Å². The minimum absolute atomic E-state index is 0.101. The van der Waals surface area contributed by atoms with Gasteiger partial charge in [0.15, 0.2) is 0 Å². The number of rotatable bonds is 5. The van der Waals surface area contributed by atoms with Gasteiger partial charge in [0.2, 0.25) is 0 Å². The van der Waals surface area contributed by atoms with Gasteiger partial charge in [-0.25, -0.2) is 9.48 Å². The Morgan fingerprint density at radius 2 is 1.82 bits per heavy atom. The molecular formula is C20H13ClN4O3. The van der Waals surface area contributed by atoms with E-state index >= 15 is 0 Å². The van der Waals surface area contributed by atoms with E-state index in [0.29, 0.717) is 16.3 Å². The van der Waals surface area contributed by atoms with Gasteiger partial charge in [0.05, 0.1) is 17.4 Å². The zero-order valence-electron chi connectivity index (χ0n) is 14.3. The van der Waals surface area contributed by atoms with Crippen LogP contribution < -0.4 is 5.32 Å². The average Bonchev–Trinajstić information content (AvgIpc) is 3.15. The van der Waals surface area contributed by atoms with Crippen molar-refractivity contribution in [2.75, 3.05) is 5.32 Å². The Balaban J connectivity index is 1.76. The number of carbonyl (C=O) groups is 2. The van der Waals surface area contributed by atoms with Crippen molar-refractivity contribution >= 4 is 35.2 Å². The van der Waals surface area contributed by atoms with Gasteiger partial charge in [-0.2, -0.15) is 10.4 Å². The minimum Gasteiger partial charge on any atom is -0.478 e. The van der Waals surface area contributed by atoms with Crippen LogP contribution in [0.5, 0.6) is 0 Å². The maximum atomic E-state index is 12.3. The molecule has 0 saturated carbocycles. The van der Waals surface area contributed by atoms with Crippen LogP contribution in [0.25, 0.3) is 11.8 Å². The zero-order valence-corrected chi connectivity index (χ0v) is 15.1. The monoisotopic (exact) mass is 392 g/mol. The highest BCUT2D eigenvalue weighted by Gasteiger charge is 2.11. The second-order valence-corrected chi connectivity index (χ2v) is 6.14. The smallest absolute Gasteiger partial charge is 0.335 e. The lowest BCUT2D eigenvalue weighted by atomic mass is 10.1. The number of benzene rings is 2. The Bertz CT molecular complexity index is 1090. The first-order valence-electron chi connectivity index (χ1n) is 8.03. The van der Waals surface area contributed by atoms with Crippen LogP contribution in [0.3, 0.4) is 0 Å². The number of nitriles is 1. The molecule has 0 fully saturated rings. The first kappa shape index (κ1) is 18.9. The topological polar surface area (TPSA) is 108 Å². The number of hydrogen-bond acceptors (Lipinski definition) is 4. The maximum absolute atomic E-state index is 12.3. The van der Waals surface area contributed by atoms with Crippen molar-refractivity contribution in [2.45, 2.75) is 0 Å². The second-order valence-electron chi connectivity index (χ2n) is 5.70. The minimum atomic E-state index is -1.06. The number of halogens is 1. The van der Waals surface area contributed by atoms with Crippen LogP contribution in [-0.2, 0) is 4.79 Å². The van der Waals surface area contributed by atoms with E-state index < -0.39 is 11.9 Å². The van der Waals surface area contributed by atoms with Gasteiger partial charge in [-0.1, -0.05) is 11.6 Å². The SMILES string of the molecule is N#C/C(=C/c1cnn(-c2ccc(Cl)cc2)c1)C(=O)Nc1ccc(C(=O)O)cc1. The molecule has 2 aromatic carbocycles. The Labute approximate surface area is 165 Å². The number of carboxylic acid groups (broad SMARTS) is 1. The second kappa shape index (κ2) is 8.20. The van der Waals surface area contributed by atoms with Crippen molar-refractivity contribution in [1.82, 2.24) is 9.78 Å². The first-order chi connectivity index (χ1) is 13.5. The van der Waals surface area contributed by atoms with Crippen molar-refractivity contribution in [2.24, 2.45) is 0 Å². The van der Waals surface area contributed by atoms with Crippen LogP contribution in [0, 0.1) is 11.3 Å². The molecule has 8 heteroatoms. The normalized spacial score (nSPS) is 10.9. The van der Waals surface area contributed by atoms with Crippen LogP contribution in [-0.4, -0.2) is 26.8 Å². The Hall–Kier alpha value is -3.89. The van der Waals surface area contributed by atoms with Crippen molar-refractivity contribution < 1.29 is 14.7 Å². The highest BCUT2D eigenvalue weighted by molar-refractivity contribution is 6.30. The summed E-state index contributed by atoms with van der Waals surface area (Å²) in [7, 11) is 0. The number of aromatic carboxylic acids is 1. The van der Waals surface area contributed by atoms with Crippen molar-refractivity contribution in [3.63, 3.8) is 0 Å². The highest BCUT2D eigenvalue weighted by atomic mass is 35.5. The molecule has 3 rings (SSSR count). The number of nitrogens with one attached hydrogen (secondary N) is 1. The van der Waals surface area contributed by atoms with E-state index in [-0.39, 0.29) is 11.1 Å². The van der Waals surface area contributed by atoms with E-state index in [0.717, 1.165) is 5.69 Å². The predicted molar refractivity (Wildman–Crippen MR) is 104 cm³/mol. The van der Waals surface area contributed by atoms with E-state index in [2.05, 4.69) is 10.4 Å². The van der Waals surface area contributed by atoms with Crippen molar-refractivity contribution in [3.05, 3.63) is 82.6 Å². The lowest BCUT2D eigenvalue weighted by molar-refractivity contribution is -0.112. The maximum Gasteiger partial charge on any atom is 0.335 e. The van der Waals surface area contributed by atoms with Gasteiger partial charge in [0.1, 0.15) is 11.6 Å². The van der Waals surface area contributed by atoms with E-state index in [1.165, 1.54) is 36.5 Å². The van der Waals surface area contributed by atoms with Crippen LogP contribution >= 0.6 is 11.6 Å². The van der Waals surface area contributed by atoms with Crippen molar-refractivity contribution in [3.8, 4) is 11.8 Å². The standard InChI is InChI=1S/C20H13ClN4O3/c21-16-3-7-18(8-4-16)25-12-13(11-23-25)9-15(10-22)19(26)24-17-5-1-14(2-6-17)20(27)28/h1-9,11-12H,(H,24,26)(H,27,28)/b15-9-. The quantitative estimate of drug-likeness (QED) is 0.507. The summed E-state index contributed by atoms with van der Waals surface area (Å²) in [6.07, 6.45) is 4.62. The van der Waals surface area contributed by atoms with Gasteiger partial charge in [-0.15, -0.1) is 0 Å². The fourth-order valence-electron chi connectivity index (χ4n) is 2.36. The first-order valence-corrected chi connectivity index (χ1v) is 8.41. The summed E-state index contributed by atoms with van der Waals surface area (Å²) in [5.41, 5.74) is 1.73. The Morgan fingerprint density at radius 3 is 2.43 bits per heavy atom. The van der Waals surface area contributed by atoms with Crippen LogP contribution in [0.4, 0.5) is 5.69 Å². The molecule has 138 valence electrons. The van der Waals surface area contributed by atoms with Crippen molar-refractivity contribution in [1.29, 1.82) is 5.26 Å². The molecule has 0 aliphatic rings. The molecule has 28 heavy (non-hydrogen) atoms. The van der Waals surface area contributed by atoms with E-state index in [1.54, 1.807) is 35.1 Å². The van der Waals surface area contributed by atoms with Gasteiger partial charge in [-0.05, 0) is 54.6 Å². The summed E-state index contributed by atoms with van der Waals surface area (Å²) in [6.45, 7) is 0. The third-order valence-corrected chi connectivity index (χ3v) is 4.01. The molecule has 0 bridgehead atoms. The number of carbonyl (C=O) groups excluding carboxylic acids is 1. The third-order valence-electron chi connectivity index (χ3n) is 3.76. The number of nitrogens with zero attached hydrogens (tertiary/aromatic N) is 3. The molecule has 0 aliphatic heterocycles. The van der Waals surface area contributed by atoms with E-state index in [4.69, 9.17) is 16.7 Å². The molecule has 0 atom stereocenters. The summed E-state index contributed by atoms with van der Waals surface area (Å²) in [6, 6.07) is 14.5.